The minimum absolute atomic E-state index is 0.118. The highest BCUT2D eigenvalue weighted by atomic mass is 16.2. The number of aryl methyl sites for hydroxylation is 2. The van der Waals surface area contributed by atoms with Gasteiger partial charge in [-0.15, -0.1) is 0 Å². The van der Waals surface area contributed by atoms with E-state index < -0.39 is 0 Å². The van der Waals surface area contributed by atoms with Gasteiger partial charge in [-0.2, -0.15) is 0 Å². The van der Waals surface area contributed by atoms with Crippen molar-refractivity contribution in [2.75, 3.05) is 19.6 Å². The van der Waals surface area contributed by atoms with Crippen molar-refractivity contribution >= 4 is 17.4 Å². The summed E-state index contributed by atoms with van der Waals surface area (Å²) < 4.78 is 0. The van der Waals surface area contributed by atoms with Gasteiger partial charge in [0.05, 0.1) is 5.57 Å². The van der Waals surface area contributed by atoms with Gasteiger partial charge in [-0.3, -0.25) is 14.5 Å². The third-order valence-corrected chi connectivity index (χ3v) is 5.32. The number of rotatable bonds is 4. The van der Waals surface area contributed by atoms with Gasteiger partial charge < -0.3 is 4.90 Å². The third kappa shape index (κ3) is 3.42. The molecule has 1 saturated heterocycles. The standard InChI is InChI=1S/C22H30N2O2/c1-14(2)12-24-21(25)19(18-9-8-15(3)11-17(18)5)20(22(24)26)23-10-6-7-16(4)13-23/h8-9,11,14,16H,6-7,10,12-13H2,1-5H3. The number of benzene rings is 1. The first-order chi connectivity index (χ1) is 12.3. The van der Waals surface area contributed by atoms with Crippen molar-refractivity contribution in [3.05, 3.63) is 40.6 Å². The molecule has 2 aliphatic rings. The number of hydrogen-bond donors (Lipinski definition) is 0. The highest BCUT2D eigenvalue weighted by molar-refractivity contribution is 6.35. The van der Waals surface area contributed by atoms with Gasteiger partial charge in [-0.25, -0.2) is 0 Å². The molecule has 0 N–H and O–H groups in total. The SMILES string of the molecule is Cc1ccc(C2=C(N3CCCC(C)C3)C(=O)N(CC(C)C)C2=O)c(C)c1. The fraction of sp³-hybridized carbons (Fsp3) is 0.545. The zero-order valence-electron chi connectivity index (χ0n) is 16.6. The van der Waals surface area contributed by atoms with Gasteiger partial charge in [0.2, 0.25) is 0 Å². The van der Waals surface area contributed by atoms with Crippen LogP contribution in [0.2, 0.25) is 0 Å². The number of hydrogen-bond acceptors (Lipinski definition) is 3. The fourth-order valence-electron chi connectivity index (χ4n) is 4.12. The van der Waals surface area contributed by atoms with Gasteiger partial charge in [-0.1, -0.05) is 44.5 Å². The third-order valence-electron chi connectivity index (χ3n) is 5.32. The molecule has 1 aromatic rings. The van der Waals surface area contributed by atoms with Gasteiger partial charge in [-0.05, 0) is 49.7 Å². The first kappa shape index (κ1) is 18.7. The number of imide groups is 1. The van der Waals surface area contributed by atoms with Gasteiger partial charge >= 0.3 is 0 Å². The summed E-state index contributed by atoms with van der Waals surface area (Å²) in [7, 11) is 0. The largest absolute Gasteiger partial charge is 0.366 e. The molecule has 0 spiro atoms. The number of carbonyl (C=O) groups is 2. The Morgan fingerprint density at radius 3 is 2.50 bits per heavy atom. The summed E-state index contributed by atoms with van der Waals surface area (Å²) in [6.07, 6.45) is 2.25. The van der Waals surface area contributed by atoms with E-state index in [0.717, 1.165) is 36.2 Å². The summed E-state index contributed by atoms with van der Waals surface area (Å²) in [5.41, 5.74) is 4.33. The Balaban J connectivity index is 2.11. The van der Waals surface area contributed by atoms with E-state index in [1.165, 1.54) is 11.3 Å². The lowest BCUT2D eigenvalue weighted by Gasteiger charge is -2.33. The van der Waals surface area contributed by atoms with Crippen LogP contribution >= 0.6 is 0 Å². The highest BCUT2D eigenvalue weighted by Crippen LogP contribution is 2.35. The lowest BCUT2D eigenvalue weighted by molar-refractivity contribution is -0.138. The van der Waals surface area contributed by atoms with Gasteiger partial charge in [0.15, 0.2) is 0 Å². The van der Waals surface area contributed by atoms with Crippen molar-refractivity contribution < 1.29 is 9.59 Å². The molecule has 2 heterocycles. The molecule has 4 heteroatoms. The predicted octanol–water partition coefficient (Wildman–Crippen LogP) is 3.77. The lowest BCUT2D eigenvalue weighted by Crippen LogP contribution is -2.40. The van der Waals surface area contributed by atoms with Crippen LogP contribution in [0, 0.1) is 25.7 Å². The number of likely N-dealkylation sites (tertiary alicyclic amines) is 1. The maximum atomic E-state index is 13.2. The van der Waals surface area contributed by atoms with E-state index in [4.69, 9.17) is 0 Å². The van der Waals surface area contributed by atoms with Crippen LogP contribution in [0.25, 0.3) is 5.57 Å². The first-order valence-electron chi connectivity index (χ1n) is 9.72. The van der Waals surface area contributed by atoms with Crippen LogP contribution in [0.3, 0.4) is 0 Å². The maximum absolute atomic E-state index is 13.2. The molecule has 4 nitrogen and oxygen atoms in total. The second kappa shape index (κ2) is 7.26. The molecular weight excluding hydrogens is 324 g/mol. The highest BCUT2D eigenvalue weighted by Gasteiger charge is 2.42. The molecule has 1 unspecified atom stereocenters. The second-order valence-electron chi connectivity index (χ2n) is 8.35. The number of piperidine rings is 1. The van der Waals surface area contributed by atoms with Gasteiger partial charge in [0.1, 0.15) is 5.70 Å². The van der Waals surface area contributed by atoms with E-state index in [0.29, 0.717) is 23.7 Å². The molecule has 1 atom stereocenters. The molecule has 1 aromatic carbocycles. The van der Waals surface area contributed by atoms with E-state index in [1.807, 2.05) is 39.8 Å². The Morgan fingerprint density at radius 1 is 1.15 bits per heavy atom. The number of carbonyl (C=O) groups excluding carboxylic acids is 2. The van der Waals surface area contributed by atoms with Crippen LogP contribution in [0.15, 0.2) is 23.9 Å². The van der Waals surface area contributed by atoms with Gasteiger partial charge in [0.25, 0.3) is 11.8 Å². The Bertz CT molecular complexity index is 763. The normalized spacial score (nSPS) is 21.4. The molecule has 0 bridgehead atoms. The Hall–Kier alpha value is -2.10. The van der Waals surface area contributed by atoms with E-state index in [-0.39, 0.29) is 17.7 Å². The van der Waals surface area contributed by atoms with Crippen LogP contribution in [-0.4, -0.2) is 41.2 Å². The van der Waals surface area contributed by atoms with Crippen molar-refractivity contribution in [3.63, 3.8) is 0 Å². The van der Waals surface area contributed by atoms with Crippen molar-refractivity contribution in [1.29, 1.82) is 0 Å². The molecular formula is C22H30N2O2. The molecule has 140 valence electrons. The molecule has 26 heavy (non-hydrogen) atoms. The summed E-state index contributed by atoms with van der Waals surface area (Å²) >= 11 is 0. The Morgan fingerprint density at radius 2 is 1.88 bits per heavy atom. The summed E-state index contributed by atoms with van der Waals surface area (Å²) in [6, 6.07) is 6.10. The van der Waals surface area contributed by atoms with E-state index >= 15 is 0 Å². The van der Waals surface area contributed by atoms with E-state index in [1.54, 1.807) is 0 Å². The average molecular weight is 354 g/mol. The van der Waals surface area contributed by atoms with Crippen molar-refractivity contribution in [1.82, 2.24) is 9.80 Å². The van der Waals surface area contributed by atoms with E-state index in [9.17, 15) is 9.59 Å². The number of amides is 2. The zero-order valence-corrected chi connectivity index (χ0v) is 16.6. The molecule has 0 saturated carbocycles. The zero-order chi connectivity index (χ0) is 19.0. The smallest absolute Gasteiger partial charge is 0.277 e. The number of nitrogens with zero attached hydrogens (tertiary/aromatic N) is 2. The molecule has 0 aliphatic carbocycles. The molecule has 2 aliphatic heterocycles. The molecule has 2 amide bonds. The maximum Gasteiger partial charge on any atom is 0.277 e. The van der Waals surface area contributed by atoms with Gasteiger partial charge in [0, 0.05) is 19.6 Å². The molecule has 0 radical (unpaired) electrons. The van der Waals surface area contributed by atoms with Crippen molar-refractivity contribution in [3.8, 4) is 0 Å². The molecule has 3 rings (SSSR count). The van der Waals surface area contributed by atoms with Crippen LogP contribution in [-0.2, 0) is 9.59 Å². The van der Waals surface area contributed by atoms with Crippen molar-refractivity contribution in [2.45, 2.75) is 47.5 Å². The molecule has 1 fully saturated rings. The average Bonchev–Trinajstić information content (AvgIpc) is 2.79. The lowest BCUT2D eigenvalue weighted by atomic mass is 9.95. The monoisotopic (exact) mass is 354 g/mol. The van der Waals surface area contributed by atoms with Crippen LogP contribution in [0.1, 0.15) is 50.3 Å². The first-order valence-corrected chi connectivity index (χ1v) is 9.72. The van der Waals surface area contributed by atoms with Crippen LogP contribution < -0.4 is 0 Å². The van der Waals surface area contributed by atoms with E-state index in [2.05, 4.69) is 17.9 Å². The molecule has 0 aromatic heterocycles. The second-order valence-corrected chi connectivity index (χ2v) is 8.35. The summed E-state index contributed by atoms with van der Waals surface area (Å²) in [4.78, 5) is 30.1. The minimum Gasteiger partial charge on any atom is -0.366 e. The summed E-state index contributed by atoms with van der Waals surface area (Å²) in [6.45, 7) is 12.5. The fourth-order valence-corrected chi connectivity index (χ4v) is 4.12. The minimum atomic E-state index is -0.135. The van der Waals surface area contributed by atoms with Crippen LogP contribution in [0.5, 0.6) is 0 Å². The Labute approximate surface area is 156 Å². The Kier molecular flexibility index (Phi) is 5.22. The predicted molar refractivity (Wildman–Crippen MR) is 104 cm³/mol. The topological polar surface area (TPSA) is 40.6 Å². The summed E-state index contributed by atoms with van der Waals surface area (Å²) in [5.74, 6) is 0.540. The quantitative estimate of drug-likeness (QED) is 0.773. The van der Waals surface area contributed by atoms with Crippen LogP contribution in [0.4, 0.5) is 0 Å². The summed E-state index contributed by atoms with van der Waals surface area (Å²) in [5, 5.41) is 0. The van der Waals surface area contributed by atoms with Crippen molar-refractivity contribution in [2.24, 2.45) is 11.8 Å².